The molecule has 0 unspecified atom stereocenters. The number of rotatable bonds is 5. The van der Waals surface area contributed by atoms with E-state index in [0.29, 0.717) is 6.20 Å². The van der Waals surface area contributed by atoms with Gasteiger partial charge < -0.3 is 15.7 Å². The number of amides is 1. The van der Waals surface area contributed by atoms with Crippen LogP contribution in [0.25, 0.3) is 0 Å². The van der Waals surface area contributed by atoms with Crippen LogP contribution in [0.1, 0.15) is 16.2 Å². The van der Waals surface area contributed by atoms with Crippen molar-refractivity contribution in [3.63, 3.8) is 0 Å². The molecule has 0 atom stereocenters. The number of alkyl halides is 3. The predicted molar refractivity (Wildman–Crippen MR) is 78.8 cm³/mol. The molecule has 3 N–H and O–H groups in total. The van der Waals surface area contributed by atoms with E-state index >= 15 is 0 Å². The maximum absolute atomic E-state index is 12.5. The van der Waals surface area contributed by atoms with Crippen molar-refractivity contribution in [2.45, 2.75) is 6.18 Å². The number of nitrogens with zero attached hydrogens (tertiary/aromatic N) is 3. The van der Waals surface area contributed by atoms with Gasteiger partial charge in [0, 0.05) is 19.3 Å². The van der Waals surface area contributed by atoms with Crippen LogP contribution >= 0.6 is 11.6 Å². The van der Waals surface area contributed by atoms with Gasteiger partial charge in [-0.3, -0.25) is 4.79 Å². The van der Waals surface area contributed by atoms with Gasteiger partial charge >= 0.3 is 6.18 Å². The van der Waals surface area contributed by atoms with Gasteiger partial charge in [-0.2, -0.15) is 13.2 Å². The van der Waals surface area contributed by atoms with E-state index in [1.807, 2.05) is 0 Å². The Morgan fingerprint density at radius 1 is 1.17 bits per heavy atom. The Hall–Kier alpha value is -2.62. The minimum atomic E-state index is -4.52. The number of carbonyl (C=O) groups is 1. The number of hydrogen-bond donors (Lipinski definition) is 3. The molecule has 0 fully saturated rings. The summed E-state index contributed by atoms with van der Waals surface area (Å²) >= 11 is 5.73. The standard InChI is InChI=1S/C13H11ClF3N5O2/c14-9-3-7(13(15,16)17)4-20-10(9)18-1-2-19-12(24)11-21-5-8(23)6-22-11/h3-6,23H,1-2H2,(H,18,20)(H,19,24). The molecule has 0 aliphatic carbocycles. The van der Waals surface area contributed by atoms with Crippen molar-refractivity contribution < 1.29 is 23.1 Å². The van der Waals surface area contributed by atoms with E-state index in [-0.39, 0.29) is 35.5 Å². The molecule has 24 heavy (non-hydrogen) atoms. The molecular formula is C13H11ClF3N5O2. The number of aromatic nitrogens is 3. The van der Waals surface area contributed by atoms with Crippen LogP contribution in [-0.4, -0.2) is 39.1 Å². The molecule has 7 nitrogen and oxygen atoms in total. The Kier molecular flexibility index (Phi) is 5.39. The second-order valence-electron chi connectivity index (χ2n) is 4.50. The van der Waals surface area contributed by atoms with E-state index in [1.165, 1.54) is 0 Å². The smallest absolute Gasteiger partial charge is 0.417 e. The number of hydrogen-bond acceptors (Lipinski definition) is 6. The van der Waals surface area contributed by atoms with Crippen molar-refractivity contribution in [1.82, 2.24) is 20.3 Å². The lowest BCUT2D eigenvalue weighted by atomic mass is 10.3. The second kappa shape index (κ2) is 7.30. The maximum atomic E-state index is 12.5. The number of nitrogens with one attached hydrogen (secondary N) is 2. The molecule has 2 rings (SSSR count). The summed E-state index contributed by atoms with van der Waals surface area (Å²) < 4.78 is 37.5. The zero-order valence-corrected chi connectivity index (χ0v) is 12.7. The van der Waals surface area contributed by atoms with Crippen LogP contribution in [0.3, 0.4) is 0 Å². The van der Waals surface area contributed by atoms with Gasteiger partial charge in [-0.1, -0.05) is 11.6 Å². The van der Waals surface area contributed by atoms with Crippen molar-refractivity contribution in [2.75, 3.05) is 18.4 Å². The summed E-state index contributed by atoms with van der Waals surface area (Å²) in [5, 5.41) is 14.0. The zero-order valence-electron chi connectivity index (χ0n) is 11.9. The second-order valence-corrected chi connectivity index (χ2v) is 4.91. The van der Waals surface area contributed by atoms with Gasteiger partial charge in [0.05, 0.1) is 23.0 Å². The average Bonchev–Trinajstić information content (AvgIpc) is 2.52. The molecule has 128 valence electrons. The highest BCUT2D eigenvalue weighted by Gasteiger charge is 2.31. The van der Waals surface area contributed by atoms with E-state index in [0.717, 1.165) is 18.5 Å². The fourth-order valence-electron chi connectivity index (χ4n) is 1.60. The first-order chi connectivity index (χ1) is 11.3. The van der Waals surface area contributed by atoms with Gasteiger partial charge in [0.2, 0.25) is 5.82 Å². The summed E-state index contributed by atoms with van der Waals surface area (Å²) in [6.07, 6.45) is -1.71. The number of halogens is 4. The summed E-state index contributed by atoms with van der Waals surface area (Å²) in [5.74, 6) is -0.794. The molecule has 0 saturated heterocycles. The zero-order chi connectivity index (χ0) is 17.7. The Morgan fingerprint density at radius 2 is 1.83 bits per heavy atom. The van der Waals surface area contributed by atoms with Crippen molar-refractivity contribution in [3.05, 3.63) is 41.1 Å². The Balaban J connectivity index is 1.84. The topological polar surface area (TPSA) is 100 Å². The van der Waals surface area contributed by atoms with Crippen molar-refractivity contribution in [1.29, 1.82) is 0 Å². The lowest BCUT2D eigenvalue weighted by molar-refractivity contribution is -0.137. The van der Waals surface area contributed by atoms with Gasteiger partial charge in [-0.05, 0) is 6.07 Å². The number of carbonyl (C=O) groups excluding carboxylic acids is 1. The lowest BCUT2D eigenvalue weighted by Crippen LogP contribution is -2.30. The molecule has 11 heteroatoms. The molecule has 2 heterocycles. The van der Waals surface area contributed by atoms with Crippen LogP contribution in [0.15, 0.2) is 24.7 Å². The molecule has 0 spiro atoms. The quantitative estimate of drug-likeness (QED) is 0.705. The van der Waals surface area contributed by atoms with Gasteiger partial charge in [0.15, 0.2) is 5.75 Å². The fraction of sp³-hybridized carbons (Fsp3) is 0.231. The van der Waals surface area contributed by atoms with Crippen LogP contribution in [0, 0.1) is 0 Å². The molecule has 0 radical (unpaired) electrons. The first-order valence-electron chi connectivity index (χ1n) is 6.53. The third-order valence-corrected chi connectivity index (χ3v) is 3.00. The predicted octanol–water partition coefficient (Wildman–Crippen LogP) is 2.09. The van der Waals surface area contributed by atoms with Crippen LogP contribution in [0.4, 0.5) is 19.0 Å². The van der Waals surface area contributed by atoms with E-state index in [4.69, 9.17) is 16.7 Å². The fourth-order valence-corrected chi connectivity index (χ4v) is 1.83. The van der Waals surface area contributed by atoms with Gasteiger partial charge in [-0.15, -0.1) is 0 Å². The molecule has 2 aromatic rings. The highest BCUT2D eigenvalue weighted by atomic mass is 35.5. The minimum absolute atomic E-state index is 0.0693. The number of anilines is 1. The third-order valence-electron chi connectivity index (χ3n) is 2.71. The SMILES string of the molecule is O=C(NCCNc1ncc(C(F)(F)F)cc1Cl)c1ncc(O)cn1. The molecule has 0 aliphatic rings. The van der Waals surface area contributed by atoms with Crippen LogP contribution in [0.2, 0.25) is 5.02 Å². The minimum Gasteiger partial charge on any atom is -0.505 e. The average molecular weight is 362 g/mol. The number of aromatic hydroxyl groups is 1. The van der Waals surface area contributed by atoms with E-state index < -0.39 is 17.6 Å². The molecule has 0 saturated carbocycles. The number of pyridine rings is 1. The van der Waals surface area contributed by atoms with E-state index in [9.17, 15) is 18.0 Å². The van der Waals surface area contributed by atoms with Gasteiger partial charge in [0.1, 0.15) is 5.82 Å². The Labute approximate surface area is 138 Å². The normalized spacial score (nSPS) is 11.2. The lowest BCUT2D eigenvalue weighted by Gasteiger charge is -2.11. The Morgan fingerprint density at radius 3 is 2.42 bits per heavy atom. The molecule has 0 bridgehead atoms. The molecular weight excluding hydrogens is 351 g/mol. The van der Waals surface area contributed by atoms with Crippen LogP contribution in [0.5, 0.6) is 5.75 Å². The summed E-state index contributed by atoms with van der Waals surface area (Å²) in [7, 11) is 0. The van der Waals surface area contributed by atoms with Crippen LogP contribution in [-0.2, 0) is 6.18 Å². The molecule has 1 amide bonds. The van der Waals surface area contributed by atoms with E-state index in [2.05, 4.69) is 25.6 Å². The van der Waals surface area contributed by atoms with Gasteiger partial charge in [0.25, 0.3) is 5.91 Å². The van der Waals surface area contributed by atoms with Gasteiger partial charge in [-0.25, -0.2) is 15.0 Å². The van der Waals surface area contributed by atoms with E-state index in [1.54, 1.807) is 0 Å². The summed E-state index contributed by atoms with van der Waals surface area (Å²) in [6, 6.07) is 0.764. The molecule has 0 aromatic carbocycles. The van der Waals surface area contributed by atoms with Crippen molar-refractivity contribution >= 4 is 23.3 Å². The summed E-state index contributed by atoms with van der Waals surface area (Å²) in [5.41, 5.74) is -0.948. The third kappa shape index (κ3) is 4.69. The van der Waals surface area contributed by atoms with Crippen molar-refractivity contribution in [2.24, 2.45) is 0 Å². The highest BCUT2D eigenvalue weighted by molar-refractivity contribution is 6.32. The maximum Gasteiger partial charge on any atom is 0.417 e. The highest BCUT2D eigenvalue weighted by Crippen LogP contribution is 2.32. The molecule has 2 aromatic heterocycles. The largest absolute Gasteiger partial charge is 0.505 e. The first-order valence-corrected chi connectivity index (χ1v) is 6.91. The summed E-state index contributed by atoms with van der Waals surface area (Å²) in [4.78, 5) is 22.5. The summed E-state index contributed by atoms with van der Waals surface area (Å²) in [6.45, 7) is 0.296. The Bertz CT molecular complexity index is 725. The van der Waals surface area contributed by atoms with Crippen LogP contribution < -0.4 is 10.6 Å². The first kappa shape index (κ1) is 17.7. The molecule has 0 aliphatic heterocycles. The van der Waals surface area contributed by atoms with Crippen molar-refractivity contribution in [3.8, 4) is 5.75 Å². The monoisotopic (exact) mass is 361 g/mol.